The van der Waals surface area contributed by atoms with Crippen molar-refractivity contribution in [3.8, 4) is 0 Å². The van der Waals surface area contributed by atoms with Gasteiger partial charge in [-0.05, 0) is 6.92 Å². The Morgan fingerprint density at radius 2 is 1.86 bits per heavy atom. The van der Waals surface area contributed by atoms with E-state index in [-0.39, 0.29) is 25.3 Å². The van der Waals surface area contributed by atoms with Crippen LogP contribution in [0, 0.1) is 0 Å². The SMILES string of the molecule is COC(=O)CNC(=O)NCCC(C)=O. The van der Waals surface area contributed by atoms with E-state index in [9.17, 15) is 14.4 Å². The lowest BCUT2D eigenvalue weighted by Gasteiger charge is -2.04. The quantitative estimate of drug-likeness (QED) is 0.585. The summed E-state index contributed by atoms with van der Waals surface area (Å²) in [5.74, 6) is -0.523. The van der Waals surface area contributed by atoms with E-state index in [0.29, 0.717) is 0 Å². The van der Waals surface area contributed by atoms with E-state index in [1.807, 2.05) is 0 Å². The number of urea groups is 1. The van der Waals surface area contributed by atoms with Crippen LogP contribution in [0.5, 0.6) is 0 Å². The molecule has 0 aliphatic heterocycles. The summed E-state index contributed by atoms with van der Waals surface area (Å²) in [4.78, 5) is 32.0. The maximum atomic E-state index is 10.9. The number of esters is 1. The molecule has 0 radical (unpaired) electrons. The predicted molar refractivity (Wildman–Crippen MR) is 48.7 cm³/mol. The lowest BCUT2D eigenvalue weighted by Crippen LogP contribution is -2.39. The highest BCUT2D eigenvalue weighted by atomic mass is 16.5. The molecule has 0 aliphatic carbocycles. The number of methoxy groups -OCH3 is 1. The highest BCUT2D eigenvalue weighted by Crippen LogP contribution is 1.78. The summed E-state index contributed by atoms with van der Waals surface area (Å²) in [7, 11) is 1.23. The van der Waals surface area contributed by atoms with Crippen molar-refractivity contribution in [3.05, 3.63) is 0 Å². The molecule has 6 nitrogen and oxygen atoms in total. The molecule has 2 N–H and O–H groups in total. The first-order valence-electron chi connectivity index (χ1n) is 4.14. The summed E-state index contributed by atoms with van der Waals surface area (Å²) >= 11 is 0. The minimum atomic E-state index is -0.522. The number of carbonyl (C=O) groups excluding carboxylic acids is 3. The van der Waals surface area contributed by atoms with Gasteiger partial charge in [-0.3, -0.25) is 9.59 Å². The van der Waals surface area contributed by atoms with Gasteiger partial charge in [0.2, 0.25) is 0 Å². The molecule has 14 heavy (non-hydrogen) atoms. The Bertz CT molecular complexity index is 227. The Balaban J connectivity index is 3.46. The molecule has 0 aromatic carbocycles. The van der Waals surface area contributed by atoms with Crippen molar-refractivity contribution in [2.24, 2.45) is 0 Å². The number of ketones is 1. The van der Waals surface area contributed by atoms with Gasteiger partial charge in [0.05, 0.1) is 7.11 Å². The minimum Gasteiger partial charge on any atom is -0.468 e. The molecule has 0 fully saturated rings. The Morgan fingerprint density at radius 1 is 1.21 bits per heavy atom. The Kier molecular flexibility index (Phi) is 6.09. The summed E-state index contributed by atoms with van der Waals surface area (Å²) in [6, 6.07) is -0.489. The van der Waals surface area contributed by atoms with Crippen molar-refractivity contribution in [2.75, 3.05) is 20.2 Å². The molecule has 0 aromatic rings. The fourth-order valence-electron chi connectivity index (χ4n) is 0.639. The molecular weight excluding hydrogens is 188 g/mol. The number of nitrogens with one attached hydrogen (secondary N) is 2. The summed E-state index contributed by atoms with van der Waals surface area (Å²) < 4.78 is 4.31. The van der Waals surface area contributed by atoms with Crippen LogP contribution >= 0.6 is 0 Å². The first-order chi connectivity index (χ1) is 6.56. The van der Waals surface area contributed by atoms with Crippen molar-refractivity contribution in [1.29, 1.82) is 0 Å². The normalized spacial score (nSPS) is 9.00. The van der Waals surface area contributed by atoms with Gasteiger partial charge in [-0.15, -0.1) is 0 Å². The van der Waals surface area contributed by atoms with Gasteiger partial charge in [-0.1, -0.05) is 0 Å². The number of hydrogen-bond acceptors (Lipinski definition) is 4. The molecule has 0 aromatic heterocycles. The van der Waals surface area contributed by atoms with Crippen LogP contribution < -0.4 is 10.6 Å². The van der Waals surface area contributed by atoms with Crippen LogP contribution in [0.4, 0.5) is 4.79 Å². The minimum absolute atomic E-state index is 0.00160. The lowest BCUT2D eigenvalue weighted by molar-refractivity contribution is -0.139. The number of hydrogen-bond donors (Lipinski definition) is 2. The zero-order valence-corrected chi connectivity index (χ0v) is 8.25. The zero-order chi connectivity index (χ0) is 11.0. The topological polar surface area (TPSA) is 84.5 Å². The van der Waals surface area contributed by atoms with Crippen LogP contribution in [0.1, 0.15) is 13.3 Å². The second-order valence-corrected chi connectivity index (χ2v) is 2.64. The maximum Gasteiger partial charge on any atom is 0.325 e. The molecule has 0 aliphatic rings. The van der Waals surface area contributed by atoms with Crippen LogP contribution in [0.15, 0.2) is 0 Å². The molecule has 0 atom stereocenters. The van der Waals surface area contributed by atoms with E-state index >= 15 is 0 Å². The number of carbonyl (C=O) groups is 3. The largest absolute Gasteiger partial charge is 0.468 e. The van der Waals surface area contributed by atoms with E-state index in [4.69, 9.17) is 0 Å². The molecule has 80 valence electrons. The van der Waals surface area contributed by atoms with Crippen molar-refractivity contribution >= 4 is 17.8 Å². The van der Waals surface area contributed by atoms with E-state index in [2.05, 4.69) is 15.4 Å². The number of rotatable bonds is 5. The molecule has 0 rings (SSSR count). The third-order valence-corrected chi connectivity index (χ3v) is 1.38. The first kappa shape index (κ1) is 12.4. The number of ether oxygens (including phenoxy) is 1. The molecule has 0 unspecified atom stereocenters. The number of Topliss-reactive ketones (excluding diaryl/α,β-unsaturated/α-hetero) is 1. The van der Waals surface area contributed by atoms with Crippen LogP contribution in [-0.4, -0.2) is 38.0 Å². The van der Waals surface area contributed by atoms with E-state index < -0.39 is 12.0 Å². The Hall–Kier alpha value is -1.59. The molecular formula is C8H14N2O4. The third-order valence-electron chi connectivity index (χ3n) is 1.38. The van der Waals surface area contributed by atoms with Gasteiger partial charge >= 0.3 is 12.0 Å². The van der Waals surface area contributed by atoms with Gasteiger partial charge < -0.3 is 15.4 Å². The third kappa shape index (κ3) is 7.08. The maximum absolute atomic E-state index is 10.9. The van der Waals surface area contributed by atoms with Crippen molar-refractivity contribution in [2.45, 2.75) is 13.3 Å². The predicted octanol–water partition coefficient (Wildman–Crippen LogP) is -0.562. The van der Waals surface area contributed by atoms with Gasteiger partial charge in [-0.25, -0.2) is 4.79 Å². The molecule has 0 saturated carbocycles. The molecule has 0 heterocycles. The van der Waals surface area contributed by atoms with Gasteiger partial charge in [0.1, 0.15) is 12.3 Å². The van der Waals surface area contributed by atoms with Gasteiger partial charge in [0, 0.05) is 13.0 Å². The van der Waals surface area contributed by atoms with Gasteiger partial charge in [-0.2, -0.15) is 0 Å². The van der Waals surface area contributed by atoms with Gasteiger partial charge in [0.15, 0.2) is 0 Å². The fourth-order valence-corrected chi connectivity index (χ4v) is 0.639. The summed E-state index contributed by atoms with van der Waals surface area (Å²) in [5.41, 5.74) is 0. The highest BCUT2D eigenvalue weighted by molar-refractivity contribution is 5.81. The summed E-state index contributed by atoms with van der Waals surface area (Å²) in [6.07, 6.45) is 0.283. The smallest absolute Gasteiger partial charge is 0.325 e. The van der Waals surface area contributed by atoms with Crippen LogP contribution in [0.3, 0.4) is 0 Å². The van der Waals surface area contributed by atoms with Gasteiger partial charge in [0.25, 0.3) is 0 Å². The zero-order valence-electron chi connectivity index (χ0n) is 8.25. The fraction of sp³-hybridized carbons (Fsp3) is 0.625. The first-order valence-corrected chi connectivity index (χ1v) is 4.14. The summed E-state index contributed by atoms with van der Waals surface area (Å²) in [5, 5.41) is 4.69. The Labute approximate surface area is 82.0 Å². The lowest BCUT2D eigenvalue weighted by atomic mass is 10.3. The highest BCUT2D eigenvalue weighted by Gasteiger charge is 2.03. The molecule has 0 saturated heterocycles. The monoisotopic (exact) mass is 202 g/mol. The number of amides is 2. The van der Waals surface area contributed by atoms with E-state index in [1.165, 1.54) is 14.0 Å². The second kappa shape index (κ2) is 6.88. The van der Waals surface area contributed by atoms with Crippen LogP contribution in [-0.2, 0) is 14.3 Å². The van der Waals surface area contributed by atoms with Crippen LogP contribution in [0.25, 0.3) is 0 Å². The van der Waals surface area contributed by atoms with E-state index in [0.717, 1.165) is 0 Å². The van der Waals surface area contributed by atoms with Crippen molar-refractivity contribution < 1.29 is 19.1 Å². The standard InChI is InChI=1S/C8H14N2O4/c1-6(11)3-4-9-8(13)10-5-7(12)14-2/h3-5H2,1-2H3,(H2,9,10,13). The Morgan fingerprint density at radius 3 is 2.36 bits per heavy atom. The molecule has 0 spiro atoms. The van der Waals surface area contributed by atoms with Crippen LogP contribution in [0.2, 0.25) is 0 Å². The van der Waals surface area contributed by atoms with Crippen molar-refractivity contribution in [1.82, 2.24) is 10.6 Å². The molecule has 0 bridgehead atoms. The molecule has 2 amide bonds. The average Bonchev–Trinajstić information content (AvgIpc) is 2.13. The second-order valence-electron chi connectivity index (χ2n) is 2.64. The average molecular weight is 202 g/mol. The van der Waals surface area contributed by atoms with Crippen molar-refractivity contribution in [3.63, 3.8) is 0 Å². The summed E-state index contributed by atoms with van der Waals surface area (Å²) in [6.45, 7) is 1.53. The van der Waals surface area contributed by atoms with E-state index in [1.54, 1.807) is 0 Å². The molecule has 6 heteroatoms.